The second-order valence-corrected chi connectivity index (χ2v) is 6.62. The highest BCUT2D eigenvalue weighted by Gasteiger charge is 2.23. The summed E-state index contributed by atoms with van der Waals surface area (Å²) in [6.07, 6.45) is 2.79. The Morgan fingerprint density at radius 2 is 2.22 bits per heavy atom. The molecule has 23 heavy (non-hydrogen) atoms. The van der Waals surface area contributed by atoms with E-state index in [-0.39, 0.29) is 24.1 Å². The van der Waals surface area contributed by atoms with E-state index in [0.29, 0.717) is 28.8 Å². The molecule has 6 heteroatoms. The van der Waals surface area contributed by atoms with Crippen molar-refractivity contribution in [1.29, 1.82) is 0 Å². The van der Waals surface area contributed by atoms with Crippen LogP contribution in [0.5, 0.6) is 0 Å². The van der Waals surface area contributed by atoms with Crippen LogP contribution in [0.3, 0.4) is 0 Å². The molecular formula is C17H25Cl2FN2O. The van der Waals surface area contributed by atoms with Crippen LogP contribution in [-0.4, -0.2) is 19.0 Å². The van der Waals surface area contributed by atoms with Gasteiger partial charge < -0.3 is 10.6 Å². The van der Waals surface area contributed by atoms with E-state index in [9.17, 15) is 9.18 Å². The van der Waals surface area contributed by atoms with E-state index in [2.05, 4.69) is 17.6 Å². The Hall–Kier alpha value is -0.840. The van der Waals surface area contributed by atoms with Crippen molar-refractivity contribution in [2.45, 2.75) is 39.2 Å². The fourth-order valence-electron chi connectivity index (χ4n) is 3.12. The first kappa shape index (κ1) is 20.2. The number of rotatable bonds is 5. The highest BCUT2D eigenvalue weighted by atomic mass is 35.5. The van der Waals surface area contributed by atoms with E-state index in [0.717, 1.165) is 25.9 Å². The zero-order valence-corrected chi connectivity index (χ0v) is 15.1. The largest absolute Gasteiger partial charge is 0.349 e. The van der Waals surface area contributed by atoms with Gasteiger partial charge in [0.1, 0.15) is 5.82 Å². The lowest BCUT2D eigenvalue weighted by Gasteiger charge is -2.28. The molecule has 0 radical (unpaired) electrons. The van der Waals surface area contributed by atoms with Gasteiger partial charge in [-0.1, -0.05) is 24.6 Å². The normalized spacial score (nSPS) is 20.3. The van der Waals surface area contributed by atoms with Crippen LogP contribution in [0.25, 0.3) is 0 Å². The number of hydrogen-bond acceptors (Lipinski definition) is 2. The van der Waals surface area contributed by atoms with Crippen molar-refractivity contribution < 1.29 is 9.18 Å². The average molecular weight is 363 g/mol. The molecule has 0 aliphatic carbocycles. The number of nitrogens with one attached hydrogen (secondary N) is 2. The molecule has 1 aliphatic heterocycles. The van der Waals surface area contributed by atoms with Gasteiger partial charge >= 0.3 is 0 Å². The predicted octanol–water partition coefficient (Wildman–Crippen LogP) is 4.10. The van der Waals surface area contributed by atoms with Crippen LogP contribution in [0.15, 0.2) is 18.2 Å². The van der Waals surface area contributed by atoms with Gasteiger partial charge in [0.2, 0.25) is 5.91 Å². The van der Waals surface area contributed by atoms with Crippen molar-refractivity contribution in [2.75, 3.05) is 13.1 Å². The third-order valence-corrected chi connectivity index (χ3v) is 4.79. The molecule has 0 bridgehead atoms. The third-order valence-electron chi connectivity index (χ3n) is 4.46. The topological polar surface area (TPSA) is 41.1 Å². The van der Waals surface area contributed by atoms with Crippen LogP contribution in [0.2, 0.25) is 5.02 Å². The Labute approximate surface area is 148 Å². The minimum absolute atomic E-state index is 0. The molecular weight excluding hydrogens is 338 g/mol. The third kappa shape index (κ3) is 5.63. The highest BCUT2D eigenvalue weighted by molar-refractivity contribution is 6.31. The van der Waals surface area contributed by atoms with Crippen molar-refractivity contribution in [3.8, 4) is 0 Å². The van der Waals surface area contributed by atoms with E-state index >= 15 is 0 Å². The molecule has 2 rings (SSSR count). The van der Waals surface area contributed by atoms with E-state index < -0.39 is 6.04 Å². The lowest BCUT2D eigenvalue weighted by molar-refractivity contribution is -0.123. The molecule has 1 fully saturated rings. The number of carbonyl (C=O) groups is 1. The molecule has 1 heterocycles. The Balaban J connectivity index is 0.00000264. The monoisotopic (exact) mass is 362 g/mol. The molecule has 0 saturated carbocycles. The van der Waals surface area contributed by atoms with Gasteiger partial charge in [-0.15, -0.1) is 12.4 Å². The van der Waals surface area contributed by atoms with Gasteiger partial charge in [-0.3, -0.25) is 4.79 Å². The lowest BCUT2D eigenvalue weighted by atomic mass is 9.85. The molecule has 130 valence electrons. The maximum absolute atomic E-state index is 13.9. The number of piperidine rings is 1. The Bertz CT molecular complexity index is 501. The van der Waals surface area contributed by atoms with E-state index in [1.54, 1.807) is 19.1 Å². The van der Waals surface area contributed by atoms with E-state index in [4.69, 9.17) is 11.6 Å². The second kappa shape index (κ2) is 9.45. The van der Waals surface area contributed by atoms with Crippen LogP contribution >= 0.6 is 24.0 Å². The maximum Gasteiger partial charge on any atom is 0.220 e. The molecule has 0 aromatic heterocycles. The molecule has 0 spiro atoms. The summed E-state index contributed by atoms with van der Waals surface area (Å²) in [6, 6.07) is 4.13. The number of benzene rings is 1. The van der Waals surface area contributed by atoms with Gasteiger partial charge in [0.15, 0.2) is 0 Å². The number of hydrogen-bond donors (Lipinski definition) is 2. The summed E-state index contributed by atoms with van der Waals surface area (Å²) in [6.45, 7) is 5.91. The van der Waals surface area contributed by atoms with Crippen molar-refractivity contribution >= 4 is 29.9 Å². The van der Waals surface area contributed by atoms with Crippen LogP contribution < -0.4 is 10.6 Å². The summed E-state index contributed by atoms with van der Waals surface area (Å²) < 4.78 is 13.9. The van der Waals surface area contributed by atoms with Gasteiger partial charge in [-0.2, -0.15) is 0 Å². The summed E-state index contributed by atoms with van der Waals surface area (Å²) in [7, 11) is 0. The van der Waals surface area contributed by atoms with Crippen LogP contribution in [-0.2, 0) is 4.79 Å². The molecule has 3 atom stereocenters. The average Bonchev–Trinajstić information content (AvgIpc) is 2.47. The summed E-state index contributed by atoms with van der Waals surface area (Å²) in [5, 5.41) is 6.58. The van der Waals surface area contributed by atoms with Gasteiger partial charge in [-0.05, 0) is 56.8 Å². The number of halogens is 3. The fraction of sp³-hybridized carbons (Fsp3) is 0.588. The maximum atomic E-state index is 13.9. The van der Waals surface area contributed by atoms with Gasteiger partial charge in [0.25, 0.3) is 0 Å². The van der Waals surface area contributed by atoms with Crippen molar-refractivity contribution in [2.24, 2.45) is 11.8 Å². The molecule has 1 amide bonds. The van der Waals surface area contributed by atoms with Crippen molar-refractivity contribution in [3.63, 3.8) is 0 Å². The molecule has 1 aliphatic rings. The SMILES string of the molecule is CC(NC(=O)CC(C)C1CCCNC1)c1c(F)cccc1Cl.Cl. The summed E-state index contributed by atoms with van der Waals surface area (Å²) in [5.74, 6) is 0.415. The Morgan fingerprint density at radius 1 is 1.48 bits per heavy atom. The minimum Gasteiger partial charge on any atom is -0.349 e. The zero-order valence-electron chi connectivity index (χ0n) is 13.6. The van der Waals surface area contributed by atoms with Gasteiger partial charge in [0, 0.05) is 17.0 Å². The first-order valence-corrected chi connectivity index (χ1v) is 8.30. The lowest BCUT2D eigenvalue weighted by Crippen LogP contribution is -2.36. The van der Waals surface area contributed by atoms with E-state index in [1.807, 2.05) is 0 Å². The summed E-state index contributed by atoms with van der Waals surface area (Å²) in [5.41, 5.74) is 0.351. The molecule has 2 N–H and O–H groups in total. The number of amides is 1. The fourth-order valence-corrected chi connectivity index (χ4v) is 3.45. The standard InChI is InChI=1S/C17H24ClFN2O.ClH/c1-11(13-5-4-8-20-10-13)9-16(22)21-12(2)17-14(18)6-3-7-15(17)19;/h3,6-7,11-13,20H,4-5,8-10H2,1-2H3,(H,21,22);1H. The van der Waals surface area contributed by atoms with Gasteiger partial charge in [0.05, 0.1) is 6.04 Å². The summed E-state index contributed by atoms with van der Waals surface area (Å²) in [4.78, 5) is 12.2. The molecule has 1 aromatic rings. The first-order chi connectivity index (χ1) is 10.5. The Morgan fingerprint density at radius 3 is 2.83 bits per heavy atom. The van der Waals surface area contributed by atoms with Gasteiger partial charge in [-0.25, -0.2) is 4.39 Å². The zero-order chi connectivity index (χ0) is 16.1. The second-order valence-electron chi connectivity index (χ2n) is 6.21. The molecule has 3 nitrogen and oxygen atoms in total. The molecule has 1 aromatic carbocycles. The minimum atomic E-state index is -0.433. The molecule has 3 unspecified atom stereocenters. The van der Waals surface area contributed by atoms with Crippen LogP contribution in [0, 0.1) is 17.7 Å². The Kier molecular flexibility index (Phi) is 8.31. The van der Waals surface area contributed by atoms with Crippen LogP contribution in [0.1, 0.15) is 44.7 Å². The van der Waals surface area contributed by atoms with Crippen molar-refractivity contribution in [1.82, 2.24) is 10.6 Å². The predicted molar refractivity (Wildman–Crippen MR) is 94.6 cm³/mol. The smallest absolute Gasteiger partial charge is 0.220 e. The number of carbonyl (C=O) groups excluding carboxylic acids is 1. The van der Waals surface area contributed by atoms with Crippen LogP contribution in [0.4, 0.5) is 4.39 Å². The highest BCUT2D eigenvalue weighted by Crippen LogP contribution is 2.26. The summed E-state index contributed by atoms with van der Waals surface area (Å²) >= 11 is 6.04. The quantitative estimate of drug-likeness (QED) is 0.827. The molecule has 1 saturated heterocycles. The first-order valence-electron chi connectivity index (χ1n) is 7.93. The van der Waals surface area contributed by atoms with Crippen molar-refractivity contribution in [3.05, 3.63) is 34.6 Å². The van der Waals surface area contributed by atoms with E-state index in [1.165, 1.54) is 6.07 Å².